The van der Waals surface area contributed by atoms with Crippen LogP contribution in [0.15, 0.2) is 22.7 Å². The smallest absolute Gasteiger partial charge is 0.259 e. The number of anilines is 2. The Bertz CT molecular complexity index is 610. The molecule has 1 heterocycles. The lowest BCUT2D eigenvalue weighted by Crippen LogP contribution is -2.15. The van der Waals surface area contributed by atoms with Crippen molar-refractivity contribution in [1.29, 1.82) is 0 Å². The van der Waals surface area contributed by atoms with Gasteiger partial charge in [-0.25, -0.2) is 8.78 Å². The van der Waals surface area contributed by atoms with Crippen LogP contribution in [0.5, 0.6) is 0 Å². The van der Waals surface area contributed by atoms with Gasteiger partial charge in [-0.15, -0.1) is 0 Å². The number of carbonyl (C=O) groups excluding carboxylic acids is 1. The summed E-state index contributed by atoms with van der Waals surface area (Å²) in [6, 6.07) is 2.96. The van der Waals surface area contributed by atoms with E-state index in [4.69, 9.17) is 10.3 Å². The van der Waals surface area contributed by atoms with Crippen molar-refractivity contribution < 1.29 is 18.1 Å². The second-order valence-corrected chi connectivity index (χ2v) is 3.63. The molecule has 0 spiro atoms. The van der Waals surface area contributed by atoms with E-state index < -0.39 is 17.5 Å². The monoisotopic (exact) mass is 253 g/mol. The Morgan fingerprint density at radius 1 is 1.33 bits per heavy atom. The van der Waals surface area contributed by atoms with E-state index in [2.05, 4.69) is 10.5 Å². The van der Waals surface area contributed by atoms with E-state index in [0.29, 0.717) is 5.76 Å². The number of nitrogens with two attached hydrogens (primary N) is 1. The van der Waals surface area contributed by atoms with Crippen LogP contribution in [-0.4, -0.2) is 11.1 Å². The fraction of sp³-hybridized carbons (Fsp3) is 0.0909. The summed E-state index contributed by atoms with van der Waals surface area (Å²) in [6.07, 6.45) is 0. The number of aryl methyl sites for hydroxylation is 1. The van der Waals surface area contributed by atoms with Crippen molar-refractivity contribution >= 4 is 17.4 Å². The Kier molecular flexibility index (Phi) is 2.97. The topological polar surface area (TPSA) is 81.2 Å². The molecule has 0 aliphatic carbocycles. The zero-order valence-corrected chi connectivity index (χ0v) is 9.33. The van der Waals surface area contributed by atoms with Crippen molar-refractivity contribution in [1.82, 2.24) is 5.16 Å². The molecule has 0 saturated heterocycles. The highest BCUT2D eigenvalue weighted by atomic mass is 19.2. The standard InChI is InChI=1S/C11H9F2N3O2/c1-5-2-10(16-18-5)15-11(17)6-3-7(12)8(13)4-9(6)14/h2-4H,14H2,1H3,(H,15,16,17). The lowest BCUT2D eigenvalue weighted by molar-refractivity contribution is 0.102. The summed E-state index contributed by atoms with van der Waals surface area (Å²) >= 11 is 0. The largest absolute Gasteiger partial charge is 0.398 e. The Morgan fingerprint density at radius 3 is 2.61 bits per heavy atom. The van der Waals surface area contributed by atoms with Crippen molar-refractivity contribution in [3.8, 4) is 0 Å². The SMILES string of the molecule is Cc1cc(NC(=O)c2cc(F)c(F)cc2N)no1. The van der Waals surface area contributed by atoms with Gasteiger partial charge in [0.05, 0.1) is 5.56 Å². The van der Waals surface area contributed by atoms with Crippen LogP contribution in [0.25, 0.3) is 0 Å². The number of halogens is 2. The van der Waals surface area contributed by atoms with Crippen LogP contribution in [0.1, 0.15) is 16.1 Å². The average molecular weight is 253 g/mol. The van der Waals surface area contributed by atoms with Gasteiger partial charge in [0.15, 0.2) is 17.5 Å². The van der Waals surface area contributed by atoms with Gasteiger partial charge in [0.2, 0.25) is 0 Å². The maximum atomic E-state index is 13.0. The van der Waals surface area contributed by atoms with Gasteiger partial charge in [0, 0.05) is 17.8 Å². The molecule has 1 amide bonds. The number of aromatic nitrogens is 1. The number of amides is 1. The molecule has 2 rings (SSSR count). The highest BCUT2D eigenvalue weighted by Crippen LogP contribution is 2.18. The normalized spacial score (nSPS) is 10.4. The Labute approximate surface area is 101 Å². The van der Waals surface area contributed by atoms with Crippen LogP contribution in [0.4, 0.5) is 20.3 Å². The van der Waals surface area contributed by atoms with Crippen molar-refractivity contribution in [3.63, 3.8) is 0 Å². The lowest BCUT2D eigenvalue weighted by Gasteiger charge is -2.05. The molecule has 94 valence electrons. The number of benzene rings is 1. The molecule has 0 saturated carbocycles. The molecule has 0 aliphatic rings. The molecule has 0 aliphatic heterocycles. The third kappa shape index (κ3) is 2.29. The molecule has 2 aromatic rings. The molecule has 1 aromatic heterocycles. The van der Waals surface area contributed by atoms with E-state index in [1.807, 2.05) is 0 Å². The van der Waals surface area contributed by atoms with Gasteiger partial charge in [-0.1, -0.05) is 5.16 Å². The summed E-state index contributed by atoms with van der Waals surface area (Å²) in [6.45, 7) is 1.65. The molecular formula is C11H9F2N3O2. The molecule has 0 fully saturated rings. The first-order valence-electron chi connectivity index (χ1n) is 4.96. The van der Waals surface area contributed by atoms with E-state index in [-0.39, 0.29) is 17.1 Å². The second-order valence-electron chi connectivity index (χ2n) is 3.63. The minimum Gasteiger partial charge on any atom is -0.398 e. The first-order chi connectivity index (χ1) is 8.47. The minimum absolute atomic E-state index is 0.161. The Balaban J connectivity index is 2.26. The van der Waals surface area contributed by atoms with Gasteiger partial charge in [-0.05, 0) is 13.0 Å². The van der Waals surface area contributed by atoms with Crippen LogP contribution >= 0.6 is 0 Å². The molecule has 0 atom stereocenters. The third-order valence-electron chi connectivity index (χ3n) is 2.21. The summed E-state index contributed by atoms with van der Waals surface area (Å²) in [7, 11) is 0. The predicted octanol–water partition coefficient (Wildman–Crippen LogP) is 2.10. The van der Waals surface area contributed by atoms with Crippen molar-refractivity contribution in [2.24, 2.45) is 0 Å². The molecule has 0 bridgehead atoms. The molecule has 0 radical (unpaired) electrons. The molecule has 5 nitrogen and oxygen atoms in total. The molecule has 7 heteroatoms. The Morgan fingerprint density at radius 2 is 2.00 bits per heavy atom. The van der Waals surface area contributed by atoms with Gasteiger partial charge >= 0.3 is 0 Å². The quantitative estimate of drug-likeness (QED) is 0.803. The number of carbonyl (C=O) groups is 1. The molecule has 18 heavy (non-hydrogen) atoms. The zero-order chi connectivity index (χ0) is 13.3. The van der Waals surface area contributed by atoms with Crippen LogP contribution < -0.4 is 11.1 Å². The number of rotatable bonds is 2. The molecular weight excluding hydrogens is 244 g/mol. The fourth-order valence-corrected chi connectivity index (χ4v) is 1.37. The van der Waals surface area contributed by atoms with Gasteiger partial charge in [0.1, 0.15) is 5.76 Å². The Hall–Kier alpha value is -2.44. The highest BCUT2D eigenvalue weighted by Gasteiger charge is 2.15. The summed E-state index contributed by atoms with van der Waals surface area (Å²) in [5.41, 5.74) is 5.11. The average Bonchev–Trinajstić information content (AvgIpc) is 2.69. The summed E-state index contributed by atoms with van der Waals surface area (Å²) < 4.78 is 30.6. The number of nitrogens with one attached hydrogen (secondary N) is 1. The van der Waals surface area contributed by atoms with Crippen LogP contribution in [0.2, 0.25) is 0 Å². The van der Waals surface area contributed by atoms with Gasteiger partial charge in [-0.2, -0.15) is 0 Å². The first-order valence-corrected chi connectivity index (χ1v) is 4.96. The van der Waals surface area contributed by atoms with Gasteiger partial charge < -0.3 is 15.6 Å². The molecule has 0 unspecified atom stereocenters. The van der Waals surface area contributed by atoms with E-state index in [1.165, 1.54) is 6.07 Å². The number of nitrogens with zero attached hydrogens (tertiary/aromatic N) is 1. The maximum Gasteiger partial charge on any atom is 0.259 e. The lowest BCUT2D eigenvalue weighted by atomic mass is 10.1. The highest BCUT2D eigenvalue weighted by molar-refractivity contribution is 6.07. The second kappa shape index (κ2) is 4.44. The van der Waals surface area contributed by atoms with Crippen LogP contribution in [0.3, 0.4) is 0 Å². The van der Waals surface area contributed by atoms with Gasteiger partial charge in [0.25, 0.3) is 5.91 Å². The number of hydrogen-bond acceptors (Lipinski definition) is 4. The van der Waals surface area contributed by atoms with Crippen LogP contribution in [0, 0.1) is 18.6 Å². The van der Waals surface area contributed by atoms with Crippen LogP contribution in [-0.2, 0) is 0 Å². The number of nitrogen functional groups attached to an aromatic ring is 1. The molecule has 1 aromatic carbocycles. The third-order valence-corrected chi connectivity index (χ3v) is 2.21. The predicted molar refractivity (Wildman–Crippen MR) is 60.0 cm³/mol. The van der Waals surface area contributed by atoms with Gasteiger partial charge in [-0.3, -0.25) is 4.79 Å². The fourth-order valence-electron chi connectivity index (χ4n) is 1.37. The maximum absolute atomic E-state index is 13.0. The van der Waals surface area contributed by atoms with E-state index in [1.54, 1.807) is 6.92 Å². The van der Waals surface area contributed by atoms with Crippen molar-refractivity contribution in [2.45, 2.75) is 6.92 Å². The van der Waals surface area contributed by atoms with Crippen molar-refractivity contribution in [3.05, 3.63) is 41.2 Å². The van der Waals surface area contributed by atoms with E-state index in [9.17, 15) is 13.6 Å². The molecule has 3 N–H and O–H groups in total. The first kappa shape index (κ1) is 12.0. The van der Waals surface area contributed by atoms with E-state index >= 15 is 0 Å². The number of hydrogen-bond donors (Lipinski definition) is 2. The summed E-state index contributed by atoms with van der Waals surface area (Å²) in [5, 5.41) is 5.89. The summed E-state index contributed by atoms with van der Waals surface area (Å²) in [4.78, 5) is 11.7. The van der Waals surface area contributed by atoms with E-state index in [0.717, 1.165) is 12.1 Å². The summed E-state index contributed by atoms with van der Waals surface area (Å²) in [5.74, 6) is -2.28. The zero-order valence-electron chi connectivity index (χ0n) is 9.33. The minimum atomic E-state index is -1.15. The van der Waals surface area contributed by atoms with Crippen molar-refractivity contribution in [2.75, 3.05) is 11.1 Å².